The van der Waals surface area contributed by atoms with Crippen LogP contribution in [0, 0.1) is 5.92 Å². The molecule has 0 aromatic heterocycles. The van der Waals surface area contributed by atoms with Crippen LogP contribution in [0.25, 0.3) is 0 Å². The molecule has 45 heavy (non-hydrogen) atoms. The van der Waals surface area contributed by atoms with Gasteiger partial charge in [-0.25, -0.2) is 0 Å². The highest BCUT2D eigenvalue weighted by molar-refractivity contribution is 6.42. The van der Waals surface area contributed by atoms with Crippen molar-refractivity contribution in [2.24, 2.45) is 5.92 Å². The normalized spacial score (nSPS) is 28.0. The van der Waals surface area contributed by atoms with E-state index in [-0.39, 0.29) is 36.4 Å². The minimum Gasteiger partial charge on any atom is -0.493 e. The summed E-state index contributed by atoms with van der Waals surface area (Å²) < 4.78 is 12.8. The number of amides is 1. The number of hydrogen-bond donors (Lipinski definition) is 1. The topological polar surface area (TPSA) is 62.2 Å². The van der Waals surface area contributed by atoms with E-state index in [1.165, 1.54) is 11.1 Å². The Morgan fingerprint density at radius 3 is 2.62 bits per heavy atom. The highest BCUT2D eigenvalue weighted by atomic mass is 35.5. The van der Waals surface area contributed by atoms with Gasteiger partial charge in [-0.05, 0) is 79.5 Å². The molecule has 2 heterocycles. The Morgan fingerprint density at radius 2 is 1.89 bits per heavy atom. The lowest BCUT2D eigenvalue weighted by Gasteiger charge is -2.65. The molecule has 3 aromatic carbocycles. The zero-order valence-corrected chi connectivity index (χ0v) is 27.8. The van der Waals surface area contributed by atoms with Crippen molar-refractivity contribution in [3.05, 3.63) is 93.0 Å². The zero-order chi connectivity index (χ0) is 31.5. The third kappa shape index (κ3) is 4.95. The van der Waals surface area contributed by atoms with Gasteiger partial charge < -0.3 is 19.5 Å². The molecule has 0 radical (unpaired) electrons. The van der Waals surface area contributed by atoms with Gasteiger partial charge in [-0.2, -0.15) is 0 Å². The monoisotopic (exact) mass is 648 g/mol. The Kier molecular flexibility index (Phi) is 8.09. The number of rotatable bonds is 9. The lowest BCUT2D eigenvalue weighted by molar-refractivity contribution is -0.201. The van der Waals surface area contributed by atoms with E-state index < -0.39 is 11.0 Å². The number of benzene rings is 3. The third-order valence-electron chi connectivity index (χ3n) is 10.9. The third-order valence-corrected chi connectivity index (χ3v) is 11.6. The molecule has 2 fully saturated rings. The van der Waals surface area contributed by atoms with Crippen LogP contribution < -0.4 is 9.47 Å². The summed E-state index contributed by atoms with van der Waals surface area (Å²) >= 11 is 12.5. The quantitative estimate of drug-likeness (QED) is 0.287. The first-order valence-electron chi connectivity index (χ1n) is 16.3. The summed E-state index contributed by atoms with van der Waals surface area (Å²) in [6.07, 6.45) is 3.59. The molecule has 4 aliphatic rings. The van der Waals surface area contributed by atoms with Crippen LogP contribution in [0.3, 0.4) is 0 Å². The Morgan fingerprint density at radius 1 is 1.09 bits per heavy atom. The SMILES string of the molecule is COc1ccc2c3c1OC1C(N(CC(C)C)C(=O)Cc4ccc(Cl)c(Cl)c4)CC[C@@]4(O)[C@@H](C2)N(CCc2ccccc2)CC[C@]314. The van der Waals surface area contributed by atoms with Crippen LogP contribution in [0.4, 0.5) is 0 Å². The van der Waals surface area contributed by atoms with Gasteiger partial charge in [0.15, 0.2) is 11.5 Å². The summed E-state index contributed by atoms with van der Waals surface area (Å²) in [5, 5.41) is 14.0. The molecular weight excluding hydrogens is 607 g/mol. The van der Waals surface area contributed by atoms with Gasteiger partial charge in [0.25, 0.3) is 0 Å². The Bertz CT molecular complexity index is 1600. The predicted octanol–water partition coefficient (Wildman–Crippen LogP) is 6.49. The maximum absolute atomic E-state index is 14.2. The fourth-order valence-electron chi connectivity index (χ4n) is 9.00. The molecule has 3 aromatic rings. The average molecular weight is 650 g/mol. The van der Waals surface area contributed by atoms with Crippen molar-refractivity contribution < 1.29 is 19.4 Å². The molecule has 1 spiro atoms. The Balaban J connectivity index is 1.26. The summed E-state index contributed by atoms with van der Waals surface area (Å²) in [4.78, 5) is 18.8. The second-order valence-corrected chi connectivity index (χ2v) is 14.6. The maximum atomic E-state index is 14.2. The van der Waals surface area contributed by atoms with Crippen LogP contribution in [-0.4, -0.2) is 71.3 Å². The number of likely N-dealkylation sites (tertiary alicyclic amines) is 1. The molecular formula is C37H42Cl2N2O4. The number of hydrogen-bond acceptors (Lipinski definition) is 5. The van der Waals surface area contributed by atoms with E-state index in [9.17, 15) is 9.90 Å². The fraction of sp³-hybridized carbons (Fsp3) is 0.486. The van der Waals surface area contributed by atoms with Crippen LogP contribution in [0.5, 0.6) is 11.5 Å². The van der Waals surface area contributed by atoms with Gasteiger partial charge in [-0.15, -0.1) is 0 Å². The molecule has 6 nitrogen and oxygen atoms in total. The summed E-state index contributed by atoms with van der Waals surface area (Å²) in [5.74, 6) is 1.74. The Hall–Kier alpha value is -2.77. The molecule has 1 saturated carbocycles. The van der Waals surface area contributed by atoms with E-state index in [4.69, 9.17) is 32.7 Å². The first-order valence-corrected chi connectivity index (χ1v) is 17.0. The van der Waals surface area contributed by atoms with E-state index >= 15 is 0 Å². The van der Waals surface area contributed by atoms with E-state index in [2.05, 4.69) is 55.1 Å². The van der Waals surface area contributed by atoms with Crippen molar-refractivity contribution >= 4 is 29.1 Å². The van der Waals surface area contributed by atoms with Crippen LogP contribution in [0.15, 0.2) is 60.7 Å². The van der Waals surface area contributed by atoms with Crippen molar-refractivity contribution in [1.29, 1.82) is 0 Å². The van der Waals surface area contributed by atoms with Crippen molar-refractivity contribution in [1.82, 2.24) is 9.80 Å². The standard InChI is InChI=1S/C37H42Cl2N2O4/c1-23(2)22-41(32(42)20-25-9-11-27(38)28(39)19-25)29-13-15-37(43)31-21-26-10-12-30(44-3)34-33(26)36(37,35(29)45-34)16-18-40(31)17-14-24-7-5-4-6-8-24/h4-12,19,23,29,31,35,43H,13-18,20-22H2,1-3H3/t29?,31-,35?,36+,37-/m1/s1. The minimum absolute atomic E-state index is 0.0284. The maximum Gasteiger partial charge on any atom is 0.227 e. The Labute approximate surface area is 276 Å². The van der Waals surface area contributed by atoms with Gasteiger partial charge in [0.05, 0.1) is 40.6 Å². The van der Waals surface area contributed by atoms with E-state index in [0.717, 1.165) is 49.2 Å². The molecule has 1 saturated heterocycles. The fourth-order valence-corrected chi connectivity index (χ4v) is 9.32. The number of methoxy groups -OCH3 is 1. The van der Waals surface area contributed by atoms with E-state index in [0.29, 0.717) is 35.2 Å². The number of carbonyl (C=O) groups excluding carboxylic acids is 1. The number of nitrogens with zero attached hydrogens (tertiary/aromatic N) is 2. The molecule has 8 heteroatoms. The highest BCUT2D eigenvalue weighted by Gasteiger charge is 2.73. The summed E-state index contributed by atoms with van der Waals surface area (Å²) in [6, 6.07) is 19.9. The second-order valence-electron chi connectivity index (χ2n) is 13.8. The molecule has 5 atom stereocenters. The van der Waals surface area contributed by atoms with Gasteiger partial charge in [0, 0.05) is 24.7 Å². The predicted molar refractivity (Wildman–Crippen MR) is 178 cm³/mol. The molecule has 1 amide bonds. The number of ether oxygens (including phenoxy) is 2. The van der Waals surface area contributed by atoms with Crippen molar-refractivity contribution in [2.45, 2.75) is 81.6 Å². The van der Waals surface area contributed by atoms with Gasteiger partial charge in [-0.1, -0.05) is 79.5 Å². The molecule has 2 aliphatic carbocycles. The summed E-state index contributed by atoms with van der Waals surface area (Å²) in [6.45, 7) is 6.65. The first kappa shape index (κ1) is 30.9. The molecule has 238 valence electrons. The number of carbonyl (C=O) groups is 1. The second kappa shape index (κ2) is 11.8. The lowest BCUT2D eigenvalue weighted by Crippen LogP contribution is -2.78. The van der Waals surface area contributed by atoms with Crippen LogP contribution in [0.2, 0.25) is 10.0 Å². The minimum atomic E-state index is -0.982. The van der Waals surface area contributed by atoms with E-state index in [1.807, 2.05) is 17.0 Å². The number of piperidine rings is 1. The largest absolute Gasteiger partial charge is 0.493 e. The van der Waals surface area contributed by atoms with Gasteiger partial charge >= 0.3 is 0 Å². The average Bonchev–Trinajstić information content (AvgIpc) is 3.37. The van der Waals surface area contributed by atoms with Crippen LogP contribution in [-0.2, 0) is 29.5 Å². The van der Waals surface area contributed by atoms with Gasteiger partial charge in [0.2, 0.25) is 5.91 Å². The smallest absolute Gasteiger partial charge is 0.227 e. The lowest BCUT2D eigenvalue weighted by atomic mass is 9.48. The molecule has 2 unspecified atom stereocenters. The molecule has 2 bridgehead atoms. The summed E-state index contributed by atoms with van der Waals surface area (Å²) in [7, 11) is 1.68. The number of aliphatic hydroxyl groups is 1. The zero-order valence-electron chi connectivity index (χ0n) is 26.3. The first-order chi connectivity index (χ1) is 21.7. The van der Waals surface area contributed by atoms with E-state index in [1.54, 1.807) is 19.2 Å². The van der Waals surface area contributed by atoms with Crippen molar-refractivity contribution in [2.75, 3.05) is 26.7 Å². The van der Waals surface area contributed by atoms with Crippen LogP contribution >= 0.6 is 23.2 Å². The van der Waals surface area contributed by atoms with Gasteiger partial charge in [0.1, 0.15) is 6.10 Å². The van der Waals surface area contributed by atoms with Crippen LogP contribution in [0.1, 0.15) is 55.4 Å². The van der Waals surface area contributed by atoms with Crippen molar-refractivity contribution in [3.63, 3.8) is 0 Å². The highest BCUT2D eigenvalue weighted by Crippen LogP contribution is 2.66. The molecule has 7 rings (SSSR count). The van der Waals surface area contributed by atoms with Crippen molar-refractivity contribution in [3.8, 4) is 11.5 Å². The summed E-state index contributed by atoms with van der Waals surface area (Å²) in [5.41, 5.74) is 2.87. The number of halogens is 2. The van der Waals surface area contributed by atoms with Gasteiger partial charge in [-0.3, -0.25) is 9.69 Å². The molecule has 2 aliphatic heterocycles. The molecule has 1 N–H and O–H groups in total.